The van der Waals surface area contributed by atoms with Crippen LogP contribution in [0.2, 0.25) is 0 Å². The first-order chi connectivity index (χ1) is 13.8. The van der Waals surface area contributed by atoms with Crippen LogP contribution >= 0.6 is 0 Å². The van der Waals surface area contributed by atoms with E-state index in [1.54, 1.807) is 19.1 Å². The van der Waals surface area contributed by atoms with E-state index in [0.29, 0.717) is 11.4 Å². The Labute approximate surface area is 169 Å². The SMILES string of the molecule is Cc1cccc(O[C@@H](C)C(=O)Nc2ccc(S(=O)(=O)Nc3ncccn3)cc2)c1. The molecule has 0 saturated heterocycles. The summed E-state index contributed by atoms with van der Waals surface area (Å²) in [7, 11) is -3.83. The Hall–Kier alpha value is -3.46. The second kappa shape index (κ2) is 8.70. The number of benzene rings is 2. The van der Waals surface area contributed by atoms with Gasteiger partial charge in [0.2, 0.25) is 5.95 Å². The van der Waals surface area contributed by atoms with Gasteiger partial charge in [0.05, 0.1) is 4.90 Å². The summed E-state index contributed by atoms with van der Waals surface area (Å²) >= 11 is 0. The van der Waals surface area contributed by atoms with E-state index >= 15 is 0 Å². The average molecular weight is 412 g/mol. The van der Waals surface area contributed by atoms with Crippen molar-refractivity contribution >= 4 is 27.6 Å². The summed E-state index contributed by atoms with van der Waals surface area (Å²) < 4.78 is 32.7. The van der Waals surface area contributed by atoms with Gasteiger partial charge in [0.25, 0.3) is 15.9 Å². The zero-order valence-corrected chi connectivity index (χ0v) is 16.7. The van der Waals surface area contributed by atoms with Gasteiger partial charge in [-0.1, -0.05) is 12.1 Å². The fourth-order valence-electron chi connectivity index (χ4n) is 2.44. The van der Waals surface area contributed by atoms with Crippen molar-refractivity contribution < 1.29 is 17.9 Å². The number of hydrogen-bond donors (Lipinski definition) is 2. The smallest absolute Gasteiger partial charge is 0.265 e. The number of aryl methyl sites for hydroxylation is 1. The van der Waals surface area contributed by atoms with Crippen LogP contribution in [0, 0.1) is 6.92 Å². The van der Waals surface area contributed by atoms with Gasteiger partial charge in [-0.15, -0.1) is 0 Å². The van der Waals surface area contributed by atoms with Crippen LogP contribution in [0.4, 0.5) is 11.6 Å². The van der Waals surface area contributed by atoms with E-state index in [-0.39, 0.29) is 16.8 Å². The molecule has 9 heteroatoms. The molecule has 1 atom stereocenters. The molecule has 0 aliphatic carbocycles. The number of aromatic nitrogens is 2. The molecule has 2 aromatic carbocycles. The zero-order valence-electron chi connectivity index (χ0n) is 15.9. The summed E-state index contributed by atoms with van der Waals surface area (Å²) in [6.07, 6.45) is 2.14. The highest BCUT2D eigenvalue weighted by Gasteiger charge is 2.17. The molecule has 0 unspecified atom stereocenters. The van der Waals surface area contributed by atoms with E-state index in [9.17, 15) is 13.2 Å². The standard InChI is InChI=1S/C20H20N4O4S/c1-14-5-3-6-17(13-14)28-15(2)19(25)23-16-7-9-18(10-8-16)29(26,27)24-20-21-11-4-12-22-20/h3-13,15H,1-2H3,(H,23,25)(H,21,22,24)/t15-/m0/s1. The first kappa shape index (κ1) is 20.3. The summed E-state index contributed by atoms with van der Waals surface area (Å²) in [6.45, 7) is 3.58. The molecule has 0 spiro atoms. The summed E-state index contributed by atoms with van der Waals surface area (Å²) in [5.74, 6) is 0.230. The molecule has 1 heterocycles. The van der Waals surface area contributed by atoms with Crippen LogP contribution in [0.5, 0.6) is 5.75 Å². The molecule has 0 bridgehead atoms. The minimum atomic E-state index is -3.83. The Morgan fingerprint density at radius 1 is 1.03 bits per heavy atom. The van der Waals surface area contributed by atoms with Crippen molar-refractivity contribution in [1.82, 2.24) is 9.97 Å². The predicted molar refractivity (Wildman–Crippen MR) is 109 cm³/mol. The summed E-state index contributed by atoms with van der Waals surface area (Å²) in [5, 5.41) is 2.70. The van der Waals surface area contributed by atoms with Crippen LogP contribution < -0.4 is 14.8 Å². The number of nitrogens with one attached hydrogen (secondary N) is 2. The normalized spacial score (nSPS) is 12.1. The number of rotatable bonds is 7. The van der Waals surface area contributed by atoms with Gasteiger partial charge in [0, 0.05) is 18.1 Å². The van der Waals surface area contributed by atoms with Crippen molar-refractivity contribution in [2.24, 2.45) is 0 Å². The maximum absolute atomic E-state index is 12.4. The highest BCUT2D eigenvalue weighted by atomic mass is 32.2. The Balaban J connectivity index is 1.63. The first-order valence-electron chi connectivity index (χ1n) is 8.77. The van der Waals surface area contributed by atoms with Crippen molar-refractivity contribution in [3.8, 4) is 5.75 Å². The number of nitrogens with zero attached hydrogens (tertiary/aromatic N) is 2. The molecule has 1 amide bonds. The Kier molecular flexibility index (Phi) is 6.08. The molecule has 0 fully saturated rings. The number of hydrogen-bond acceptors (Lipinski definition) is 6. The van der Waals surface area contributed by atoms with Crippen LogP contribution in [0.3, 0.4) is 0 Å². The number of carbonyl (C=O) groups is 1. The highest BCUT2D eigenvalue weighted by molar-refractivity contribution is 7.92. The van der Waals surface area contributed by atoms with Crippen molar-refractivity contribution in [2.75, 3.05) is 10.0 Å². The predicted octanol–water partition coefficient (Wildman–Crippen LogP) is 2.99. The van der Waals surface area contributed by atoms with Gasteiger partial charge in [-0.3, -0.25) is 4.79 Å². The van der Waals surface area contributed by atoms with Crippen LogP contribution in [0.1, 0.15) is 12.5 Å². The molecule has 29 heavy (non-hydrogen) atoms. The van der Waals surface area contributed by atoms with Crippen LogP contribution in [-0.4, -0.2) is 30.4 Å². The molecule has 3 aromatic rings. The van der Waals surface area contributed by atoms with Gasteiger partial charge < -0.3 is 10.1 Å². The summed E-state index contributed by atoms with van der Waals surface area (Å²) in [4.78, 5) is 20.0. The molecule has 3 rings (SSSR count). The molecule has 1 aromatic heterocycles. The quantitative estimate of drug-likeness (QED) is 0.617. The van der Waals surface area contributed by atoms with E-state index in [2.05, 4.69) is 20.0 Å². The minimum Gasteiger partial charge on any atom is -0.481 e. The first-order valence-corrected chi connectivity index (χ1v) is 10.3. The van der Waals surface area contributed by atoms with Crippen molar-refractivity contribution in [2.45, 2.75) is 24.8 Å². The fourth-order valence-corrected chi connectivity index (χ4v) is 3.40. The lowest BCUT2D eigenvalue weighted by Gasteiger charge is -2.15. The second-order valence-corrected chi connectivity index (χ2v) is 7.95. The monoisotopic (exact) mass is 412 g/mol. The topological polar surface area (TPSA) is 110 Å². The maximum Gasteiger partial charge on any atom is 0.265 e. The highest BCUT2D eigenvalue weighted by Crippen LogP contribution is 2.18. The maximum atomic E-state index is 12.4. The minimum absolute atomic E-state index is 0.0204. The van der Waals surface area contributed by atoms with E-state index < -0.39 is 16.1 Å². The number of ether oxygens (including phenoxy) is 1. The van der Waals surface area contributed by atoms with Gasteiger partial charge in [-0.25, -0.2) is 23.1 Å². The molecule has 2 N–H and O–H groups in total. The number of anilines is 2. The Bertz CT molecular complexity index is 1090. The molecule has 8 nitrogen and oxygen atoms in total. The molecule has 0 aliphatic rings. The third-order valence-electron chi connectivity index (χ3n) is 3.90. The average Bonchev–Trinajstić information content (AvgIpc) is 2.69. The van der Waals surface area contributed by atoms with Crippen LogP contribution in [0.15, 0.2) is 71.9 Å². The molecular formula is C20H20N4O4S. The second-order valence-electron chi connectivity index (χ2n) is 6.27. The zero-order chi connectivity index (χ0) is 20.9. The molecule has 150 valence electrons. The lowest BCUT2D eigenvalue weighted by atomic mass is 10.2. The molecule has 0 saturated carbocycles. The van der Waals surface area contributed by atoms with E-state index in [1.165, 1.54) is 36.7 Å². The number of carbonyl (C=O) groups excluding carboxylic acids is 1. The van der Waals surface area contributed by atoms with Gasteiger partial charge in [0.1, 0.15) is 5.75 Å². The van der Waals surface area contributed by atoms with Crippen molar-refractivity contribution in [1.29, 1.82) is 0 Å². The van der Waals surface area contributed by atoms with Gasteiger partial charge in [0.15, 0.2) is 6.10 Å². The van der Waals surface area contributed by atoms with Gasteiger partial charge >= 0.3 is 0 Å². The largest absolute Gasteiger partial charge is 0.481 e. The molecule has 0 aliphatic heterocycles. The molecule has 0 radical (unpaired) electrons. The third kappa shape index (κ3) is 5.52. The van der Waals surface area contributed by atoms with Gasteiger partial charge in [-0.2, -0.15) is 0 Å². The Morgan fingerprint density at radius 2 is 1.72 bits per heavy atom. The lowest BCUT2D eigenvalue weighted by Crippen LogP contribution is -2.30. The number of amides is 1. The van der Waals surface area contributed by atoms with Crippen LogP contribution in [-0.2, 0) is 14.8 Å². The van der Waals surface area contributed by atoms with Gasteiger partial charge in [-0.05, 0) is 61.9 Å². The molecular weight excluding hydrogens is 392 g/mol. The summed E-state index contributed by atoms with van der Waals surface area (Å²) in [6, 6.07) is 14.7. The van der Waals surface area contributed by atoms with Crippen molar-refractivity contribution in [3.05, 3.63) is 72.6 Å². The van der Waals surface area contributed by atoms with E-state index in [4.69, 9.17) is 4.74 Å². The summed E-state index contributed by atoms with van der Waals surface area (Å²) in [5.41, 5.74) is 1.48. The van der Waals surface area contributed by atoms with Crippen LogP contribution in [0.25, 0.3) is 0 Å². The Morgan fingerprint density at radius 3 is 2.38 bits per heavy atom. The fraction of sp³-hybridized carbons (Fsp3) is 0.150. The third-order valence-corrected chi connectivity index (χ3v) is 5.24. The van der Waals surface area contributed by atoms with E-state index in [1.807, 2.05) is 25.1 Å². The van der Waals surface area contributed by atoms with E-state index in [0.717, 1.165) is 5.56 Å². The van der Waals surface area contributed by atoms with Crippen molar-refractivity contribution in [3.63, 3.8) is 0 Å². The lowest BCUT2D eigenvalue weighted by molar-refractivity contribution is -0.122. The number of sulfonamides is 1.